The average molecular weight is 305 g/mol. The Morgan fingerprint density at radius 1 is 1.33 bits per heavy atom. The minimum Gasteiger partial charge on any atom is -0.496 e. The van der Waals surface area contributed by atoms with Crippen LogP contribution >= 0.6 is 11.3 Å². The smallest absolute Gasteiger partial charge is 0.250 e. The van der Waals surface area contributed by atoms with Crippen molar-refractivity contribution in [1.82, 2.24) is 10.2 Å². The fraction of sp³-hybridized carbons (Fsp3) is 0.214. The maximum atomic E-state index is 11.8. The lowest BCUT2D eigenvalue weighted by Gasteiger charge is -2.03. The van der Waals surface area contributed by atoms with Crippen molar-refractivity contribution in [3.8, 4) is 5.75 Å². The molecule has 0 fully saturated rings. The number of ether oxygens (including phenoxy) is 2. The summed E-state index contributed by atoms with van der Waals surface area (Å²) >= 11 is 1.28. The number of nitrogens with zero attached hydrogens (tertiary/aromatic N) is 2. The number of aromatic nitrogens is 2. The van der Waals surface area contributed by atoms with E-state index in [0.717, 1.165) is 5.56 Å². The third kappa shape index (κ3) is 4.37. The maximum Gasteiger partial charge on any atom is 0.250 e. The number of methoxy groups -OCH3 is 2. The number of para-hydroxylation sites is 1. The highest BCUT2D eigenvalue weighted by Crippen LogP contribution is 2.19. The molecule has 0 spiro atoms. The van der Waals surface area contributed by atoms with Crippen LogP contribution in [0, 0.1) is 0 Å². The van der Waals surface area contributed by atoms with Gasteiger partial charge in [-0.2, -0.15) is 0 Å². The van der Waals surface area contributed by atoms with Crippen molar-refractivity contribution in [1.29, 1.82) is 0 Å². The molecule has 1 aromatic carbocycles. The van der Waals surface area contributed by atoms with Gasteiger partial charge < -0.3 is 9.47 Å². The normalized spacial score (nSPS) is 10.8. The Morgan fingerprint density at radius 2 is 2.14 bits per heavy atom. The average Bonchev–Trinajstić information content (AvgIpc) is 2.93. The number of benzene rings is 1. The van der Waals surface area contributed by atoms with Crippen molar-refractivity contribution in [2.24, 2.45) is 0 Å². The van der Waals surface area contributed by atoms with Gasteiger partial charge in [0, 0.05) is 18.7 Å². The highest BCUT2D eigenvalue weighted by Gasteiger charge is 2.06. The molecule has 0 saturated heterocycles. The zero-order chi connectivity index (χ0) is 15.1. The Morgan fingerprint density at radius 3 is 2.90 bits per heavy atom. The molecule has 0 saturated carbocycles. The van der Waals surface area contributed by atoms with Crippen LogP contribution < -0.4 is 10.1 Å². The Hall–Kier alpha value is -2.25. The summed E-state index contributed by atoms with van der Waals surface area (Å²) in [7, 11) is 3.17. The SMILES string of the molecule is COCc1nnc(NC(=O)/C=C/c2ccccc2OC)s1. The van der Waals surface area contributed by atoms with Gasteiger partial charge in [0.05, 0.1) is 7.11 Å². The van der Waals surface area contributed by atoms with Gasteiger partial charge in [-0.1, -0.05) is 29.5 Å². The van der Waals surface area contributed by atoms with Crippen LogP contribution in [0.2, 0.25) is 0 Å². The van der Waals surface area contributed by atoms with Gasteiger partial charge in [0.2, 0.25) is 11.0 Å². The largest absolute Gasteiger partial charge is 0.496 e. The number of carbonyl (C=O) groups is 1. The van der Waals surface area contributed by atoms with Gasteiger partial charge in [-0.05, 0) is 12.1 Å². The molecule has 1 N–H and O–H groups in total. The summed E-state index contributed by atoms with van der Waals surface area (Å²) in [6.45, 7) is 0.380. The fourth-order valence-corrected chi connectivity index (χ4v) is 2.32. The second kappa shape index (κ2) is 7.51. The minimum absolute atomic E-state index is 0.277. The number of amides is 1. The molecule has 0 aliphatic carbocycles. The third-order valence-electron chi connectivity index (χ3n) is 2.52. The van der Waals surface area contributed by atoms with Crippen molar-refractivity contribution >= 4 is 28.5 Å². The van der Waals surface area contributed by atoms with Gasteiger partial charge in [-0.25, -0.2) is 0 Å². The summed E-state index contributed by atoms with van der Waals surface area (Å²) in [5.74, 6) is 0.431. The van der Waals surface area contributed by atoms with E-state index in [4.69, 9.17) is 9.47 Å². The molecule has 2 aromatic rings. The van der Waals surface area contributed by atoms with E-state index in [-0.39, 0.29) is 5.91 Å². The second-order valence-electron chi connectivity index (χ2n) is 4.00. The molecule has 0 atom stereocenters. The molecule has 0 unspecified atom stereocenters. The van der Waals surface area contributed by atoms with Crippen molar-refractivity contribution < 1.29 is 14.3 Å². The maximum absolute atomic E-state index is 11.8. The first-order chi connectivity index (χ1) is 10.2. The first-order valence-corrected chi connectivity index (χ1v) is 6.98. The Kier molecular flexibility index (Phi) is 5.42. The second-order valence-corrected chi connectivity index (χ2v) is 5.06. The number of hydrogen-bond donors (Lipinski definition) is 1. The van der Waals surface area contributed by atoms with Gasteiger partial charge in [-0.3, -0.25) is 10.1 Å². The first kappa shape index (κ1) is 15.1. The summed E-state index contributed by atoms with van der Waals surface area (Å²) < 4.78 is 10.2. The highest BCUT2D eigenvalue weighted by atomic mass is 32.1. The summed E-state index contributed by atoms with van der Waals surface area (Å²) in [6.07, 6.45) is 3.11. The number of carbonyl (C=O) groups excluding carboxylic acids is 1. The van der Waals surface area contributed by atoms with E-state index < -0.39 is 0 Å². The zero-order valence-electron chi connectivity index (χ0n) is 11.7. The lowest BCUT2D eigenvalue weighted by molar-refractivity contribution is -0.111. The monoisotopic (exact) mass is 305 g/mol. The van der Waals surface area contributed by atoms with Crippen molar-refractivity contribution in [3.05, 3.63) is 40.9 Å². The first-order valence-electron chi connectivity index (χ1n) is 6.16. The number of hydrogen-bond acceptors (Lipinski definition) is 6. The van der Waals surface area contributed by atoms with Gasteiger partial charge in [-0.15, -0.1) is 10.2 Å². The van der Waals surface area contributed by atoms with E-state index in [0.29, 0.717) is 22.5 Å². The van der Waals surface area contributed by atoms with E-state index in [9.17, 15) is 4.79 Å². The minimum atomic E-state index is -0.277. The topological polar surface area (TPSA) is 73.3 Å². The van der Waals surface area contributed by atoms with Crippen LogP contribution in [0.3, 0.4) is 0 Å². The predicted molar refractivity (Wildman–Crippen MR) is 81.3 cm³/mol. The molecule has 110 valence electrons. The Balaban J connectivity index is 1.98. The molecule has 2 rings (SSSR count). The van der Waals surface area contributed by atoms with Gasteiger partial charge in [0.25, 0.3) is 0 Å². The van der Waals surface area contributed by atoms with E-state index in [2.05, 4.69) is 15.5 Å². The molecule has 1 amide bonds. The van der Waals surface area contributed by atoms with E-state index in [1.165, 1.54) is 17.4 Å². The molecule has 21 heavy (non-hydrogen) atoms. The predicted octanol–water partition coefficient (Wildman–Crippen LogP) is 2.35. The van der Waals surface area contributed by atoms with E-state index in [1.807, 2.05) is 24.3 Å². The molecule has 0 radical (unpaired) electrons. The molecule has 0 aliphatic rings. The molecule has 0 aliphatic heterocycles. The summed E-state index contributed by atoms with van der Waals surface area (Å²) in [4.78, 5) is 11.8. The van der Waals surface area contributed by atoms with Gasteiger partial charge in [0.15, 0.2) is 0 Å². The van der Waals surface area contributed by atoms with Crippen molar-refractivity contribution in [2.45, 2.75) is 6.61 Å². The van der Waals surface area contributed by atoms with Gasteiger partial charge in [0.1, 0.15) is 17.4 Å². The molecular weight excluding hydrogens is 290 g/mol. The molecular formula is C14H15N3O3S. The van der Waals surface area contributed by atoms with Crippen LogP contribution in [0.25, 0.3) is 6.08 Å². The van der Waals surface area contributed by atoms with Crippen LogP contribution in [0.15, 0.2) is 30.3 Å². The van der Waals surface area contributed by atoms with Crippen molar-refractivity contribution in [2.75, 3.05) is 19.5 Å². The van der Waals surface area contributed by atoms with Crippen LogP contribution in [-0.4, -0.2) is 30.3 Å². The lowest BCUT2D eigenvalue weighted by atomic mass is 10.2. The molecule has 1 heterocycles. The van der Waals surface area contributed by atoms with Crippen LogP contribution in [0.1, 0.15) is 10.6 Å². The zero-order valence-corrected chi connectivity index (χ0v) is 12.5. The van der Waals surface area contributed by atoms with Crippen LogP contribution in [0.5, 0.6) is 5.75 Å². The quantitative estimate of drug-likeness (QED) is 0.829. The standard InChI is InChI=1S/C14H15N3O3S/c1-19-9-13-16-17-14(21-13)15-12(18)8-7-10-5-3-4-6-11(10)20-2/h3-8H,9H2,1-2H3,(H,15,17,18)/b8-7+. The van der Waals surface area contributed by atoms with Gasteiger partial charge >= 0.3 is 0 Å². The summed E-state index contributed by atoms with van der Waals surface area (Å²) in [6, 6.07) is 7.44. The van der Waals surface area contributed by atoms with E-state index in [1.54, 1.807) is 20.3 Å². The summed E-state index contributed by atoms with van der Waals surface area (Å²) in [5, 5.41) is 11.6. The lowest BCUT2D eigenvalue weighted by Crippen LogP contribution is -2.07. The van der Waals surface area contributed by atoms with Crippen molar-refractivity contribution in [3.63, 3.8) is 0 Å². The Labute approximate surface area is 126 Å². The number of rotatable bonds is 6. The van der Waals surface area contributed by atoms with Crippen LogP contribution in [-0.2, 0) is 16.1 Å². The number of nitrogens with one attached hydrogen (secondary N) is 1. The molecule has 1 aromatic heterocycles. The highest BCUT2D eigenvalue weighted by molar-refractivity contribution is 7.15. The Bertz CT molecular complexity index is 640. The summed E-state index contributed by atoms with van der Waals surface area (Å²) in [5.41, 5.74) is 0.826. The molecule has 0 bridgehead atoms. The third-order valence-corrected chi connectivity index (χ3v) is 3.33. The number of anilines is 1. The molecule has 7 heteroatoms. The van der Waals surface area contributed by atoms with Crippen LogP contribution in [0.4, 0.5) is 5.13 Å². The molecule has 6 nitrogen and oxygen atoms in total. The fourth-order valence-electron chi connectivity index (χ4n) is 1.60. The van der Waals surface area contributed by atoms with E-state index >= 15 is 0 Å².